The fourth-order valence-electron chi connectivity index (χ4n) is 2.78. The SMILES string of the molecule is N=c1cccc2oc3cc4c(cc3nc1-2)Oc1ccccc1N4. The lowest BCUT2D eigenvalue weighted by Gasteiger charge is -2.21. The van der Waals surface area contributed by atoms with Gasteiger partial charge in [-0.05, 0) is 24.3 Å². The van der Waals surface area contributed by atoms with Gasteiger partial charge in [-0.25, -0.2) is 4.98 Å². The topological polar surface area (TPSA) is 71.1 Å². The van der Waals surface area contributed by atoms with Gasteiger partial charge in [0.1, 0.15) is 11.2 Å². The first-order valence-corrected chi connectivity index (χ1v) is 7.24. The number of anilines is 2. The number of nitrogens with one attached hydrogen (secondary N) is 2. The average molecular weight is 301 g/mol. The molecule has 3 aliphatic rings. The summed E-state index contributed by atoms with van der Waals surface area (Å²) >= 11 is 0. The van der Waals surface area contributed by atoms with Crippen LogP contribution >= 0.6 is 0 Å². The molecule has 5 heteroatoms. The lowest BCUT2D eigenvalue weighted by atomic mass is 10.1. The zero-order valence-corrected chi connectivity index (χ0v) is 12.0. The van der Waals surface area contributed by atoms with E-state index in [1.165, 1.54) is 0 Å². The molecule has 0 aromatic heterocycles. The van der Waals surface area contributed by atoms with Gasteiger partial charge in [0.15, 0.2) is 22.8 Å². The van der Waals surface area contributed by atoms with Crippen molar-refractivity contribution in [2.45, 2.75) is 0 Å². The lowest BCUT2D eigenvalue weighted by molar-refractivity contribution is 0.481. The number of fused-ring (bicyclic) bond motifs is 4. The van der Waals surface area contributed by atoms with Crippen LogP contribution in [0.25, 0.3) is 22.6 Å². The molecule has 0 fully saturated rings. The van der Waals surface area contributed by atoms with E-state index < -0.39 is 0 Å². The first-order chi connectivity index (χ1) is 11.3. The van der Waals surface area contributed by atoms with E-state index in [9.17, 15) is 0 Å². The van der Waals surface area contributed by atoms with Crippen LogP contribution in [0.3, 0.4) is 0 Å². The maximum absolute atomic E-state index is 7.96. The molecule has 0 saturated heterocycles. The van der Waals surface area contributed by atoms with Crippen LogP contribution in [0.5, 0.6) is 11.5 Å². The van der Waals surface area contributed by atoms with Crippen LogP contribution in [-0.2, 0) is 0 Å². The Kier molecular flexibility index (Phi) is 2.30. The molecule has 5 nitrogen and oxygen atoms in total. The monoisotopic (exact) mass is 301 g/mol. The second-order valence-electron chi connectivity index (χ2n) is 5.41. The summed E-state index contributed by atoms with van der Waals surface area (Å²) in [6, 6.07) is 16.8. The molecule has 5 rings (SSSR count). The Morgan fingerprint density at radius 3 is 2.78 bits per heavy atom. The summed E-state index contributed by atoms with van der Waals surface area (Å²) in [6.07, 6.45) is 0. The largest absolute Gasteiger partial charge is 0.453 e. The van der Waals surface area contributed by atoms with Gasteiger partial charge in [-0.3, -0.25) is 5.41 Å². The Hall–Kier alpha value is -3.34. The van der Waals surface area contributed by atoms with Gasteiger partial charge in [0, 0.05) is 12.1 Å². The number of hydrogen-bond donors (Lipinski definition) is 2. The van der Waals surface area contributed by atoms with Gasteiger partial charge in [-0.15, -0.1) is 0 Å². The lowest BCUT2D eigenvalue weighted by Crippen LogP contribution is -2.07. The highest BCUT2D eigenvalue weighted by Crippen LogP contribution is 2.43. The number of hydrogen-bond acceptors (Lipinski definition) is 5. The van der Waals surface area contributed by atoms with Gasteiger partial charge >= 0.3 is 0 Å². The number of aromatic nitrogens is 1. The van der Waals surface area contributed by atoms with Gasteiger partial charge in [-0.1, -0.05) is 18.2 Å². The van der Waals surface area contributed by atoms with Crippen molar-refractivity contribution in [1.82, 2.24) is 4.98 Å². The predicted octanol–water partition coefficient (Wildman–Crippen LogP) is 4.26. The minimum atomic E-state index is 0.343. The smallest absolute Gasteiger partial charge is 0.155 e. The Morgan fingerprint density at radius 1 is 0.913 bits per heavy atom. The quantitative estimate of drug-likeness (QED) is 0.419. The third-order valence-electron chi connectivity index (χ3n) is 3.89. The second-order valence-corrected chi connectivity index (χ2v) is 5.41. The molecule has 0 amide bonds. The molecule has 2 aromatic rings. The number of nitrogens with zero attached hydrogens (tertiary/aromatic N) is 1. The molecule has 0 radical (unpaired) electrons. The van der Waals surface area contributed by atoms with Gasteiger partial charge in [-0.2, -0.15) is 0 Å². The maximum Gasteiger partial charge on any atom is 0.155 e. The van der Waals surface area contributed by atoms with Gasteiger partial charge in [0.05, 0.1) is 16.7 Å². The van der Waals surface area contributed by atoms with Gasteiger partial charge in [0.2, 0.25) is 0 Å². The molecule has 0 atom stereocenters. The molecule has 23 heavy (non-hydrogen) atoms. The van der Waals surface area contributed by atoms with Crippen LogP contribution in [0, 0.1) is 5.41 Å². The Balaban J connectivity index is 1.77. The van der Waals surface area contributed by atoms with Crippen LogP contribution in [0.2, 0.25) is 0 Å². The highest BCUT2D eigenvalue weighted by atomic mass is 16.5. The van der Waals surface area contributed by atoms with E-state index in [1.807, 2.05) is 42.5 Å². The summed E-state index contributed by atoms with van der Waals surface area (Å²) in [5, 5.41) is 11.6. The third kappa shape index (κ3) is 1.80. The summed E-state index contributed by atoms with van der Waals surface area (Å²) < 4.78 is 11.8. The van der Waals surface area contributed by atoms with Crippen molar-refractivity contribution in [2.75, 3.05) is 5.32 Å². The standard InChI is InChI=1S/C18H11N3O2/c19-10-4-3-7-15-18(10)21-13-9-16-12(8-17(13)23-15)20-11-5-1-2-6-14(11)22-16/h1-9,19-20H. The van der Waals surface area contributed by atoms with Crippen LogP contribution in [0.1, 0.15) is 0 Å². The molecule has 2 aliphatic heterocycles. The van der Waals surface area contributed by atoms with Crippen molar-refractivity contribution in [3.63, 3.8) is 0 Å². The summed E-state index contributed by atoms with van der Waals surface area (Å²) in [5.74, 6) is 2.07. The molecule has 2 N–H and O–H groups in total. The Bertz CT molecular complexity index is 1100. The number of ether oxygens (including phenoxy) is 1. The molecule has 2 heterocycles. The number of benzene rings is 3. The van der Waals surface area contributed by atoms with E-state index >= 15 is 0 Å². The van der Waals surface area contributed by atoms with Crippen LogP contribution < -0.4 is 15.4 Å². The van der Waals surface area contributed by atoms with Crippen molar-refractivity contribution in [1.29, 1.82) is 5.41 Å². The van der Waals surface area contributed by atoms with Crippen molar-refractivity contribution in [3.05, 3.63) is 60.0 Å². The summed E-state index contributed by atoms with van der Waals surface area (Å²) in [5.41, 5.74) is 3.61. The van der Waals surface area contributed by atoms with E-state index in [1.54, 1.807) is 12.1 Å². The minimum Gasteiger partial charge on any atom is -0.453 e. The Labute approximate surface area is 131 Å². The molecular weight excluding hydrogens is 290 g/mol. The molecule has 0 bridgehead atoms. The summed E-state index contributed by atoms with van der Waals surface area (Å²) in [6.45, 7) is 0. The Morgan fingerprint density at radius 2 is 1.83 bits per heavy atom. The van der Waals surface area contributed by atoms with E-state index in [-0.39, 0.29) is 0 Å². The zero-order chi connectivity index (χ0) is 15.4. The highest BCUT2D eigenvalue weighted by Gasteiger charge is 2.19. The highest BCUT2D eigenvalue weighted by molar-refractivity contribution is 5.87. The number of rotatable bonds is 0. The average Bonchev–Trinajstić information content (AvgIpc) is 2.57. The van der Waals surface area contributed by atoms with E-state index in [4.69, 9.17) is 14.6 Å². The predicted molar refractivity (Wildman–Crippen MR) is 86.3 cm³/mol. The van der Waals surface area contributed by atoms with Crippen molar-refractivity contribution in [2.24, 2.45) is 0 Å². The molecule has 1 aliphatic carbocycles. The first kappa shape index (κ1) is 12.2. The van der Waals surface area contributed by atoms with Gasteiger partial charge in [0.25, 0.3) is 0 Å². The fraction of sp³-hybridized carbons (Fsp3) is 0. The van der Waals surface area contributed by atoms with E-state index in [0.29, 0.717) is 33.7 Å². The molecule has 2 aromatic carbocycles. The number of para-hydroxylation sites is 3. The summed E-state index contributed by atoms with van der Waals surface area (Å²) in [4.78, 5) is 4.55. The van der Waals surface area contributed by atoms with Gasteiger partial charge < -0.3 is 14.5 Å². The zero-order valence-electron chi connectivity index (χ0n) is 12.0. The first-order valence-electron chi connectivity index (χ1n) is 7.24. The maximum atomic E-state index is 7.96. The minimum absolute atomic E-state index is 0.343. The normalized spacial score (nSPS) is 12.3. The fourth-order valence-corrected chi connectivity index (χ4v) is 2.78. The molecular formula is C18H11N3O2. The molecule has 110 valence electrons. The van der Waals surface area contributed by atoms with Crippen molar-refractivity contribution in [3.8, 4) is 23.0 Å². The van der Waals surface area contributed by atoms with Crippen LogP contribution in [-0.4, -0.2) is 4.98 Å². The molecule has 0 unspecified atom stereocenters. The van der Waals surface area contributed by atoms with Crippen LogP contribution in [0.15, 0.2) is 59.0 Å². The van der Waals surface area contributed by atoms with E-state index in [2.05, 4.69) is 10.3 Å². The second kappa shape index (κ2) is 4.33. The van der Waals surface area contributed by atoms with Crippen molar-refractivity contribution < 1.29 is 9.15 Å². The molecule has 0 saturated carbocycles. The van der Waals surface area contributed by atoms with Crippen molar-refractivity contribution >= 4 is 22.5 Å². The summed E-state index contributed by atoms with van der Waals surface area (Å²) in [7, 11) is 0. The van der Waals surface area contributed by atoms with Crippen LogP contribution in [0.4, 0.5) is 11.4 Å². The van der Waals surface area contributed by atoms with E-state index in [0.717, 1.165) is 17.1 Å². The third-order valence-corrected chi connectivity index (χ3v) is 3.89. The molecule has 0 spiro atoms.